The molecule has 23 heavy (non-hydrogen) atoms. The van der Waals surface area contributed by atoms with Gasteiger partial charge in [0, 0.05) is 6.20 Å². The third-order valence-electron chi connectivity index (χ3n) is 3.03. The van der Waals surface area contributed by atoms with Gasteiger partial charge < -0.3 is 10.4 Å². The topological polar surface area (TPSA) is 74.2 Å². The SMILES string of the molecule is O=C(Nc1ncccc1C(F)(F)F)NC(CO)c1ccccc1. The van der Waals surface area contributed by atoms with Crippen LogP contribution in [0.25, 0.3) is 0 Å². The molecule has 2 aromatic rings. The third-order valence-corrected chi connectivity index (χ3v) is 3.03. The Hall–Kier alpha value is -2.61. The Labute approximate surface area is 130 Å². The molecule has 0 aliphatic rings. The molecule has 0 bridgehead atoms. The number of anilines is 1. The van der Waals surface area contributed by atoms with E-state index >= 15 is 0 Å². The number of nitrogens with zero attached hydrogens (tertiary/aromatic N) is 1. The molecule has 1 aromatic heterocycles. The van der Waals surface area contributed by atoms with Gasteiger partial charge in [-0.25, -0.2) is 9.78 Å². The van der Waals surface area contributed by atoms with Crippen LogP contribution in [0.4, 0.5) is 23.8 Å². The van der Waals surface area contributed by atoms with Gasteiger partial charge in [-0.1, -0.05) is 30.3 Å². The highest BCUT2D eigenvalue weighted by Crippen LogP contribution is 2.33. The van der Waals surface area contributed by atoms with Crippen molar-refractivity contribution in [1.82, 2.24) is 10.3 Å². The van der Waals surface area contributed by atoms with Crippen molar-refractivity contribution < 1.29 is 23.1 Å². The zero-order valence-corrected chi connectivity index (χ0v) is 11.8. The smallest absolute Gasteiger partial charge is 0.394 e. The molecular formula is C15H14F3N3O2. The highest BCUT2D eigenvalue weighted by Gasteiger charge is 2.34. The second-order valence-corrected chi connectivity index (χ2v) is 4.64. The predicted molar refractivity (Wildman–Crippen MR) is 77.7 cm³/mol. The Morgan fingerprint density at radius 3 is 2.48 bits per heavy atom. The van der Waals surface area contributed by atoms with Gasteiger partial charge >= 0.3 is 12.2 Å². The Balaban J connectivity index is 2.11. The molecule has 122 valence electrons. The van der Waals surface area contributed by atoms with E-state index in [1.807, 2.05) is 0 Å². The van der Waals surface area contributed by atoms with Crippen molar-refractivity contribution in [1.29, 1.82) is 0 Å². The van der Waals surface area contributed by atoms with Crippen LogP contribution in [0.2, 0.25) is 0 Å². The van der Waals surface area contributed by atoms with E-state index in [1.165, 1.54) is 0 Å². The lowest BCUT2D eigenvalue weighted by Gasteiger charge is -2.18. The van der Waals surface area contributed by atoms with E-state index in [0.29, 0.717) is 5.56 Å². The number of carbonyl (C=O) groups is 1. The van der Waals surface area contributed by atoms with Crippen LogP contribution >= 0.6 is 0 Å². The average Bonchev–Trinajstić information content (AvgIpc) is 2.53. The van der Waals surface area contributed by atoms with Crippen molar-refractivity contribution in [2.45, 2.75) is 12.2 Å². The molecule has 0 aliphatic heterocycles. The molecule has 3 N–H and O–H groups in total. The molecule has 0 aliphatic carbocycles. The Morgan fingerprint density at radius 2 is 1.87 bits per heavy atom. The molecule has 2 amide bonds. The summed E-state index contributed by atoms with van der Waals surface area (Å²) >= 11 is 0. The maximum absolute atomic E-state index is 12.8. The van der Waals surface area contributed by atoms with Crippen molar-refractivity contribution in [3.8, 4) is 0 Å². The summed E-state index contributed by atoms with van der Waals surface area (Å²) in [6.45, 7) is -0.397. The fraction of sp³-hybridized carbons (Fsp3) is 0.200. The van der Waals surface area contributed by atoms with Gasteiger partial charge in [0.05, 0.1) is 18.2 Å². The van der Waals surface area contributed by atoms with Crippen LogP contribution in [-0.2, 0) is 6.18 Å². The van der Waals surface area contributed by atoms with Crippen LogP contribution in [0.1, 0.15) is 17.2 Å². The lowest BCUT2D eigenvalue weighted by atomic mass is 10.1. The molecule has 2 rings (SSSR count). The number of hydrogen-bond acceptors (Lipinski definition) is 3. The normalized spacial score (nSPS) is 12.5. The minimum absolute atomic E-state index is 0.397. The first kappa shape index (κ1) is 16.8. The van der Waals surface area contributed by atoms with Crippen LogP contribution in [0.15, 0.2) is 48.7 Å². The van der Waals surface area contributed by atoms with E-state index in [0.717, 1.165) is 18.3 Å². The summed E-state index contributed by atoms with van der Waals surface area (Å²) < 4.78 is 38.5. The molecule has 0 fully saturated rings. The van der Waals surface area contributed by atoms with Crippen molar-refractivity contribution in [2.24, 2.45) is 0 Å². The van der Waals surface area contributed by atoms with E-state index in [-0.39, 0.29) is 0 Å². The van der Waals surface area contributed by atoms with Gasteiger partial charge in [0.25, 0.3) is 0 Å². The molecule has 0 saturated carbocycles. The Bertz CT molecular complexity index is 663. The van der Waals surface area contributed by atoms with Crippen LogP contribution in [0, 0.1) is 0 Å². The minimum atomic E-state index is -4.63. The molecule has 1 aromatic carbocycles. The maximum atomic E-state index is 12.8. The number of pyridine rings is 1. The summed E-state index contributed by atoms with van der Waals surface area (Å²) in [5, 5.41) is 13.8. The summed E-state index contributed by atoms with van der Waals surface area (Å²) in [4.78, 5) is 15.4. The zero-order chi connectivity index (χ0) is 16.9. The molecule has 0 saturated heterocycles. The second kappa shape index (κ2) is 7.10. The number of aliphatic hydroxyl groups is 1. The van der Waals surface area contributed by atoms with Gasteiger partial charge in [0.2, 0.25) is 0 Å². The first-order chi connectivity index (χ1) is 10.9. The van der Waals surface area contributed by atoms with E-state index < -0.39 is 36.2 Å². The number of alkyl halides is 3. The fourth-order valence-electron chi connectivity index (χ4n) is 1.96. The lowest BCUT2D eigenvalue weighted by molar-refractivity contribution is -0.137. The number of rotatable bonds is 4. The standard InChI is InChI=1S/C15H14F3N3O2/c16-15(17,18)11-7-4-8-19-13(11)21-14(23)20-12(9-22)10-5-2-1-3-6-10/h1-8,12,22H,9H2,(H2,19,20,21,23). The zero-order valence-electron chi connectivity index (χ0n) is 11.8. The highest BCUT2D eigenvalue weighted by atomic mass is 19.4. The van der Waals surface area contributed by atoms with Gasteiger partial charge in [0.15, 0.2) is 0 Å². The minimum Gasteiger partial charge on any atom is -0.394 e. The molecule has 0 spiro atoms. The largest absolute Gasteiger partial charge is 0.419 e. The summed E-state index contributed by atoms with van der Waals surface area (Å²) in [7, 11) is 0. The van der Waals surface area contributed by atoms with Crippen molar-refractivity contribution in [3.63, 3.8) is 0 Å². The van der Waals surface area contributed by atoms with Crippen molar-refractivity contribution in [3.05, 3.63) is 59.8 Å². The van der Waals surface area contributed by atoms with Crippen LogP contribution in [0.3, 0.4) is 0 Å². The maximum Gasteiger partial charge on any atom is 0.419 e. The fourth-order valence-corrected chi connectivity index (χ4v) is 1.96. The number of aromatic nitrogens is 1. The van der Waals surface area contributed by atoms with Gasteiger partial charge in [-0.2, -0.15) is 13.2 Å². The van der Waals surface area contributed by atoms with E-state index in [1.54, 1.807) is 30.3 Å². The molecule has 1 atom stereocenters. The molecule has 0 radical (unpaired) electrons. The second-order valence-electron chi connectivity index (χ2n) is 4.64. The van der Waals surface area contributed by atoms with E-state index in [4.69, 9.17) is 0 Å². The first-order valence-electron chi connectivity index (χ1n) is 6.67. The van der Waals surface area contributed by atoms with Crippen LogP contribution < -0.4 is 10.6 Å². The number of nitrogens with one attached hydrogen (secondary N) is 2. The number of benzene rings is 1. The van der Waals surface area contributed by atoms with Crippen molar-refractivity contribution >= 4 is 11.8 Å². The number of aliphatic hydroxyl groups excluding tert-OH is 1. The summed E-state index contributed by atoms with van der Waals surface area (Å²) in [5.74, 6) is -0.595. The van der Waals surface area contributed by atoms with E-state index in [2.05, 4.69) is 15.6 Å². The molecule has 1 unspecified atom stereocenters. The average molecular weight is 325 g/mol. The highest BCUT2D eigenvalue weighted by molar-refractivity contribution is 5.89. The Kier molecular flexibility index (Phi) is 5.17. The Morgan fingerprint density at radius 1 is 1.17 bits per heavy atom. The summed E-state index contributed by atoms with van der Waals surface area (Å²) in [6.07, 6.45) is -3.49. The number of hydrogen-bond donors (Lipinski definition) is 3. The first-order valence-corrected chi connectivity index (χ1v) is 6.67. The lowest BCUT2D eigenvalue weighted by Crippen LogP contribution is -2.35. The summed E-state index contributed by atoms with van der Waals surface area (Å²) in [6, 6.07) is 8.89. The quantitative estimate of drug-likeness (QED) is 0.809. The molecular weight excluding hydrogens is 311 g/mol. The molecule has 1 heterocycles. The number of carbonyl (C=O) groups excluding carboxylic acids is 1. The summed E-state index contributed by atoms with van der Waals surface area (Å²) in [5.41, 5.74) is -0.419. The molecule has 5 nitrogen and oxygen atoms in total. The predicted octanol–water partition coefficient (Wildman–Crippen LogP) is 2.96. The number of halogens is 3. The van der Waals surface area contributed by atoms with Crippen molar-refractivity contribution in [2.75, 3.05) is 11.9 Å². The molecule has 8 heteroatoms. The van der Waals surface area contributed by atoms with E-state index in [9.17, 15) is 23.1 Å². The number of urea groups is 1. The van der Waals surface area contributed by atoms with Gasteiger partial charge in [-0.3, -0.25) is 5.32 Å². The van der Waals surface area contributed by atoms with Gasteiger partial charge in [-0.05, 0) is 17.7 Å². The van der Waals surface area contributed by atoms with Gasteiger partial charge in [-0.15, -0.1) is 0 Å². The third kappa shape index (κ3) is 4.43. The monoisotopic (exact) mass is 325 g/mol. The van der Waals surface area contributed by atoms with Crippen LogP contribution in [-0.4, -0.2) is 22.7 Å². The van der Waals surface area contributed by atoms with Gasteiger partial charge in [0.1, 0.15) is 5.82 Å². The van der Waals surface area contributed by atoms with Crippen LogP contribution in [0.5, 0.6) is 0 Å². The number of amides is 2.